The molecule has 6 heteroatoms. The second-order valence-corrected chi connectivity index (χ2v) is 5.95. The summed E-state index contributed by atoms with van der Waals surface area (Å²) < 4.78 is 10.5. The fourth-order valence-corrected chi connectivity index (χ4v) is 2.59. The Morgan fingerprint density at radius 2 is 1.70 bits per heavy atom. The molecule has 3 aromatic rings. The summed E-state index contributed by atoms with van der Waals surface area (Å²) in [6.45, 7) is 1.95. The molecular formula is C21H21N3O3. The van der Waals surface area contributed by atoms with Gasteiger partial charge < -0.3 is 20.1 Å². The molecule has 2 aromatic carbocycles. The summed E-state index contributed by atoms with van der Waals surface area (Å²) in [5.41, 5.74) is 3.09. The number of nitrogens with one attached hydrogen (secondary N) is 2. The summed E-state index contributed by atoms with van der Waals surface area (Å²) in [6, 6.07) is 16.5. The van der Waals surface area contributed by atoms with Gasteiger partial charge in [0.25, 0.3) is 5.91 Å². The summed E-state index contributed by atoms with van der Waals surface area (Å²) in [6.07, 6.45) is 1.61. The highest BCUT2D eigenvalue weighted by Crippen LogP contribution is 2.30. The molecule has 27 heavy (non-hydrogen) atoms. The molecule has 0 spiro atoms. The first kappa shape index (κ1) is 18.3. The number of benzene rings is 2. The van der Waals surface area contributed by atoms with E-state index in [9.17, 15) is 4.79 Å². The minimum Gasteiger partial charge on any atom is -0.493 e. The Morgan fingerprint density at radius 3 is 2.37 bits per heavy atom. The molecule has 0 unspecified atom stereocenters. The zero-order valence-corrected chi connectivity index (χ0v) is 15.4. The van der Waals surface area contributed by atoms with Gasteiger partial charge in [-0.2, -0.15) is 0 Å². The molecule has 0 bridgehead atoms. The lowest BCUT2D eigenvalue weighted by molar-refractivity contribution is 0.102. The molecule has 6 nitrogen and oxygen atoms in total. The summed E-state index contributed by atoms with van der Waals surface area (Å²) in [7, 11) is 3.18. The van der Waals surface area contributed by atoms with Crippen LogP contribution in [0, 0.1) is 6.92 Å². The van der Waals surface area contributed by atoms with Crippen LogP contribution in [-0.4, -0.2) is 25.1 Å². The van der Waals surface area contributed by atoms with E-state index in [2.05, 4.69) is 15.6 Å². The van der Waals surface area contributed by atoms with Gasteiger partial charge in [0.05, 0.1) is 26.1 Å². The van der Waals surface area contributed by atoms with Gasteiger partial charge in [-0.05, 0) is 43.3 Å². The normalized spacial score (nSPS) is 10.2. The monoisotopic (exact) mass is 363 g/mol. The number of anilines is 3. The average molecular weight is 363 g/mol. The number of methoxy groups -OCH3 is 2. The molecule has 0 radical (unpaired) electrons. The van der Waals surface area contributed by atoms with Crippen molar-refractivity contribution in [2.45, 2.75) is 6.92 Å². The van der Waals surface area contributed by atoms with Crippen molar-refractivity contribution in [3.05, 3.63) is 71.9 Å². The fraction of sp³-hybridized carbons (Fsp3) is 0.143. The summed E-state index contributed by atoms with van der Waals surface area (Å²) in [5.74, 6) is 1.77. The second-order valence-electron chi connectivity index (χ2n) is 5.95. The van der Waals surface area contributed by atoms with Gasteiger partial charge >= 0.3 is 0 Å². The number of hydrogen-bond acceptors (Lipinski definition) is 5. The smallest absolute Gasteiger partial charge is 0.255 e. The third kappa shape index (κ3) is 4.55. The Morgan fingerprint density at radius 1 is 0.926 bits per heavy atom. The number of aryl methyl sites for hydroxylation is 1. The molecule has 3 rings (SSSR count). The van der Waals surface area contributed by atoms with Crippen molar-refractivity contribution >= 4 is 23.1 Å². The highest BCUT2D eigenvalue weighted by atomic mass is 16.5. The van der Waals surface area contributed by atoms with E-state index in [0.29, 0.717) is 28.6 Å². The maximum atomic E-state index is 12.3. The van der Waals surface area contributed by atoms with E-state index in [1.165, 1.54) is 0 Å². The summed E-state index contributed by atoms with van der Waals surface area (Å²) >= 11 is 0. The Bertz CT molecular complexity index is 940. The van der Waals surface area contributed by atoms with Crippen LogP contribution in [0.25, 0.3) is 0 Å². The summed E-state index contributed by atoms with van der Waals surface area (Å²) in [4.78, 5) is 16.6. The van der Waals surface area contributed by atoms with E-state index in [1.807, 2.05) is 43.3 Å². The van der Waals surface area contributed by atoms with Crippen LogP contribution in [0.2, 0.25) is 0 Å². The second kappa shape index (κ2) is 8.23. The van der Waals surface area contributed by atoms with E-state index in [-0.39, 0.29) is 5.91 Å². The van der Waals surface area contributed by atoms with Crippen molar-refractivity contribution in [3.8, 4) is 11.5 Å². The van der Waals surface area contributed by atoms with Crippen molar-refractivity contribution in [1.82, 2.24) is 4.98 Å². The van der Waals surface area contributed by atoms with Gasteiger partial charge in [-0.15, -0.1) is 0 Å². The number of carbonyl (C=O) groups is 1. The zero-order valence-electron chi connectivity index (χ0n) is 15.4. The Kier molecular flexibility index (Phi) is 5.56. The minimum atomic E-state index is -0.166. The van der Waals surface area contributed by atoms with Crippen LogP contribution in [-0.2, 0) is 0 Å². The van der Waals surface area contributed by atoms with E-state index >= 15 is 0 Å². The van der Waals surface area contributed by atoms with Gasteiger partial charge in [0.15, 0.2) is 11.5 Å². The van der Waals surface area contributed by atoms with Crippen LogP contribution in [0.5, 0.6) is 11.5 Å². The van der Waals surface area contributed by atoms with Crippen LogP contribution in [0.1, 0.15) is 15.9 Å². The van der Waals surface area contributed by atoms with Crippen LogP contribution < -0.4 is 20.1 Å². The van der Waals surface area contributed by atoms with Gasteiger partial charge in [0.1, 0.15) is 5.82 Å². The molecule has 0 aliphatic carbocycles. The molecule has 1 aromatic heterocycles. The van der Waals surface area contributed by atoms with Crippen LogP contribution in [0.3, 0.4) is 0 Å². The zero-order chi connectivity index (χ0) is 19.2. The standard InChI is InChI=1S/C21H21N3O3/c1-14-5-4-6-15(11-14)21(25)24-17-8-10-20(22-13-17)23-16-7-9-18(26-2)19(12-16)27-3/h4-13H,1-3H3,(H,22,23)(H,24,25). The lowest BCUT2D eigenvalue weighted by atomic mass is 10.1. The van der Waals surface area contributed by atoms with Gasteiger partial charge in [-0.1, -0.05) is 17.7 Å². The van der Waals surface area contributed by atoms with Gasteiger partial charge in [-0.3, -0.25) is 4.79 Å². The first-order chi connectivity index (χ1) is 13.1. The molecule has 138 valence electrons. The van der Waals surface area contributed by atoms with Crippen molar-refractivity contribution in [1.29, 1.82) is 0 Å². The molecule has 1 amide bonds. The number of rotatable bonds is 6. The maximum Gasteiger partial charge on any atom is 0.255 e. The maximum absolute atomic E-state index is 12.3. The number of carbonyl (C=O) groups excluding carboxylic acids is 1. The molecule has 0 saturated heterocycles. The van der Waals surface area contributed by atoms with Crippen molar-refractivity contribution in [3.63, 3.8) is 0 Å². The van der Waals surface area contributed by atoms with E-state index in [0.717, 1.165) is 11.3 Å². The molecular weight excluding hydrogens is 342 g/mol. The molecule has 0 aliphatic heterocycles. The van der Waals surface area contributed by atoms with Crippen molar-refractivity contribution in [2.75, 3.05) is 24.9 Å². The molecule has 0 fully saturated rings. The van der Waals surface area contributed by atoms with E-state index < -0.39 is 0 Å². The number of hydrogen-bond donors (Lipinski definition) is 2. The molecule has 0 atom stereocenters. The number of aromatic nitrogens is 1. The fourth-order valence-electron chi connectivity index (χ4n) is 2.59. The number of nitrogens with zero attached hydrogens (tertiary/aromatic N) is 1. The van der Waals surface area contributed by atoms with Crippen LogP contribution in [0.4, 0.5) is 17.2 Å². The van der Waals surface area contributed by atoms with Gasteiger partial charge in [0.2, 0.25) is 0 Å². The predicted molar refractivity (Wildman–Crippen MR) is 106 cm³/mol. The molecule has 0 saturated carbocycles. The SMILES string of the molecule is COc1ccc(Nc2ccc(NC(=O)c3cccc(C)c3)cn2)cc1OC. The highest BCUT2D eigenvalue weighted by Gasteiger charge is 2.08. The number of amides is 1. The minimum absolute atomic E-state index is 0.166. The first-order valence-corrected chi connectivity index (χ1v) is 8.42. The van der Waals surface area contributed by atoms with Gasteiger partial charge in [0, 0.05) is 17.3 Å². The quantitative estimate of drug-likeness (QED) is 0.679. The number of pyridine rings is 1. The summed E-state index contributed by atoms with van der Waals surface area (Å²) in [5, 5.41) is 6.03. The molecule has 1 heterocycles. The Labute approximate surface area is 158 Å². The Hall–Kier alpha value is -3.54. The van der Waals surface area contributed by atoms with Crippen LogP contribution in [0.15, 0.2) is 60.8 Å². The Balaban J connectivity index is 1.67. The molecule has 2 N–H and O–H groups in total. The van der Waals surface area contributed by atoms with E-state index in [4.69, 9.17) is 9.47 Å². The van der Waals surface area contributed by atoms with E-state index in [1.54, 1.807) is 38.6 Å². The largest absolute Gasteiger partial charge is 0.493 e. The predicted octanol–water partition coefficient (Wildman–Crippen LogP) is 4.40. The van der Waals surface area contributed by atoms with Gasteiger partial charge in [-0.25, -0.2) is 4.98 Å². The lowest BCUT2D eigenvalue weighted by Gasteiger charge is -2.11. The van der Waals surface area contributed by atoms with Crippen molar-refractivity contribution in [2.24, 2.45) is 0 Å². The topological polar surface area (TPSA) is 72.5 Å². The molecule has 0 aliphatic rings. The number of ether oxygens (including phenoxy) is 2. The van der Waals surface area contributed by atoms with Crippen molar-refractivity contribution < 1.29 is 14.3 Å². The lowest BCUT2D eigenvalue weighted by Crippen LogP contribution is -2.12. The third-order valence-corrected chi connectivity index (χ3v) is 3.96. The average Bonchev–Trinajstić information content (AvgIpc) is 2.69. The van der Waals surface area contributed by atoms with Crippen LogP contribution >= 0.6 is 0 Å². The highest BCUT2D eigenvalue weighted by molar-refractivity contribution is 6.04. The first-order valence-electron chi connectivity index (χ1n) is 8.42. The third-order valence-electron chi connectivity index (χ3n) is 3.96.